The first-order valence-corrected chi connectivity index (χ1v) is 9.75. The number of carbonyl (C=O) groups is 2. The highest BCUT2D eigenvalue weighted by atomic mass is 16.1. The monoisotopic (exact) mass is 389 g/mol. The highest BCUT2D eigenvalue weighted by Gasteiger charge is 2.28. The minimum absolute atomic E-state index is 0.223. The van der Waals surface area contributed by atoms with Gasteiger partial charge in [0.2, 0.25) is 0 Å². The minimum Gasteiger partial charge on any atom is -0.321 e. The zero-order chi connectivity index (χ0) is 20.4. The smallest absolute Gasteiger partial charge is 0.274 e. The van der Waals surface area contributed by atoms with E-state index in [-0.39, 0.29) is 11.8 Å². The van der Waals surface area contributed by atoms with Crippen molar-refractivity contribution in [1.82, 2.24) is 19.7 Å². The molecule has 0 bridgehead atoms. The molecule has 1 atom stereocenters. The van der Waals surface area contributed by atoms with Crippen molar-refractivity contribution < 1.29 is 9.59 Å². The van der Waals surface area contributed by atoms with Crippen molar-refractivity contribution in [1.29, 1.82) is 0 Å². The molecule has 2 aromatic heterocycles. The van der Waals surface area contributed by atoms with Gasteiger partial charge in [-0.3, -0.25) is 9.59 Å². The lowest BCUT2D eigenvalue weighted by Gasteiger charge is -2.13. The molecule has 1 aromatic carbocycles. The van der Waals surface area contributed by atoms with Crippen molar-refractivity contribution in [3.8, 4) is 0 Å². The number of aromatic nitrogens is 4. The third-order valence-corrected chi connectivity index (χ3v) is 5.29. The predicted molar refractivity (Wildman–Crippen MR) is 109 cm³/mol. The van der Waals surface area contributed by atoms with Crippen LogP contribution in [0.3, 0.4) is 0 Å². The number of pyridine rings is 1. The maximum Gasteiger partial charge on any atom is 0.274 e. The molecule has 1 fully saturated rings. The molecule has 1 amide bonds. The normalized spacial score (nSPS) is 14.4. The fraction of sp³-hybridized carbons (Fsp3) is 0.318. The lowest BCUT2D eigenvalue weighted by molar-refractivity contribution is 0.102. The lowest BCUT2D eigenvalue weighted by atomic mass is 9.97. The molecule has 7 heteroatoms. The quantitative estimate of drug-likeness (QED) is 0.625. The van der Waals surface area contributed by atoms with Crippen LogP contribution >= 0.6 is 0 Å². The first-order valence-electron chi connectivity index (χ1n) is 9.75. The van der Waals surface area contributed by atoms with Gasteiger partial charge in [-0.15, -0.1) is 10.2 Å². The van der Waals surface area contributed by atoms with Crippen molar-refractivity contribution in [2.45, 2.75) is 38.0 Å². The number of aldehydes is 1. The number of amides is 1. The summed E-state index contributed by atoms with van der Waals surface area (Å²) in [6.45, 7) is 2.12. The zero-order valence-corrected chi connectivity index (χ0v) is 16.5. The Bertz CT molecular complexity index is 1050. The summed E-state index contributed by atoms with van der Waals surface area (Å²) >= 11 is 0. The van der Waals surface area contributed by atoms with Crippen molar-refractivity contribution in [2.24, 2.45) is 7.05 Å². The van der Waals surface area contributed by atoms with E-state index in [2.05, 4.69) is 27.4 Å². The molecule has 0 spiro atoms. The fourth-order valence-electron chi connectivity index (χ4n) is 3.40. The Balaban J connectivity index is 1.49. The molecule has 148 valence electrons. The number of nitrogens with zero attached hydrogens (tertiary/aromatic N) is 4. The van der Waals surface area contributed by atoms with Gasteiger partial charge in [-0.1, -0.05) is 19.1 Å². The maximum absolute atomic E-state index is 12.7. The molecule has 29 heavy (non-hydrogen) atoms. The molecule has 1 aliphatic carbocycles. The molecule has 1 unspecified atom stereocenters. The maximum atomic E-state index is 12.7. The van der Waals surface area contributed by atoms with Crippen molar-refractivity contribution in [3.63, 3.8) is 0 Å². The largest absolute Gasteiger partial charge is 0.321 e. The molecule has 1 aliphatic rings. The van der Waals surface area contributed by atoms with Gasteiger partial charge in [-0.2, -0.15) is 0 Å². The van der Waals surface area contributed by atoms with E-state index in [1.165, 1.54) is 0 Å². The number of anilines is 1. The summed E-state index contributed by atoms with van der Waals surface area (Å²) in [5.41, 5.74) is 3.46. The summed E-state index contributed by atoms with van der Waals surface area (Å²) < 4.78 is 1.91. The van der Waals surface area contributed by atoms with Crippen molar-refractivity contribution in [3.05, 3.63) is 71.1 Å². The Kier molecular flexibility index (Phi) is 5.20. The summed E-state index contributed by atoms with van der Waals surface area (Å²) in [4.78, 5) is 28.4. The highest BCUT2D eigenvalue weighted by molar-refractivity contribution is 6.03. The number of hydrogen-bond acceptors (Lipinski definition) is 5. The van der Waals surface area contributed by atoms with E-state index in [4.69, 9.17) is 0 Å². The molecular formula is C22H23N5O2. The van der Waals surface area contributed by atoms with Crippen LogP contribution in [0.5, 0.6) is 0 Å². The Morgan fingerprint density at radius 2 is 2.14 bits per heavy atom. The Labute approximate surface area is 169 Å². The summed E-state index contributed by atoms with van der Waals surface area (Å²) in [5.74, 6) is 1.16. The van der Waals surface area contributed by atoms with Gasteiger partial charge in [-0.05, 0) is 48.6 Å². The van der Waals surface area contributed by atoms with Gasteiger partial charge in [0.15, 0.2) is 6.29 Å². The molecule has 7 nitrogen and oxygen atoms in total. The predicted octanol–water partition coefficient (Wildman–Crippen LogP) is 3.50. The number of benzene rings is 1. The molecule has 3 aromatic rings. The van der Waals surface area contributed by atoms with E-state index in [0.29, 0.717) is 22.9 Å². The fourth-order valence-corrected chi connectivity index (χ4v) is 3.40. The van der Waals surface area contributed by atoms with E-state index in [1.54, 1.807) is 18.5 Å². The average Bonchev–Trinajstić information content (AvgIpc) is 3.51. The lowest BCUT2D eigenvalue weighted by Crippen LogP contribution is -2.15. The number of hydrogen-bond donors (Lipinski definition) is 1. The van der Waals surface area contributed by atoms with E-state index in [9.17, 15) is 9.59 Å². The number of carbonyl (C=O) groups excluding carboxylic acids is 2. The first-order chi connectivity index (χ1) is 14.0. The molecule has 2 heterocycles. The zero-order valence-electron chi connectivity index (χ0n) is 16.5. The van der Waals surface area contributed by atoms with E-state index in [1.807, 2.05) is 35.9 Å². The molecule has 1 saturated carbocycles. The van der Waals surface area contributed by atoms with E-state index < -0.39 is 0 Å². The van der Waals surface area contributed by atoms with Gasteiger partial charge in [0.25, 0.3) is 5.91 Å². The standard InChI is InChI=1S/C22H23N5O2/c1-14(10-20-26-23-13-27(20)2)16-4-3-5-18(11-16)24-22(29)19-9-8-17(12-28)21(25-19)15-6-7-15/h3-5,8-9,11-15H,6-7,10H2,1-2H3,(H,24,29). The summed E-state index contributed by atoms with van der Waals surface area (Å²) in [6, 6.07) is 11.1. The van der Waals surface area contributed by atoms with Gasteiger partial charge < -0.3 is 9.88 Å². The topological polar surface area (TPSA) is 89.8 Å². The van der Waals surface area contributed by atoms with Crippen molar-refractivity contribution in [2.75, 3.05) is 5.32 Å². The van der Waals surface area contributed by atoms with Gasteiger partial charge in [0, 0.05) is 30.6 Å². The van der Waals surface area contributed by atoms with Gasteiger partial charge in [0.1, 0.15) is 17.8 Å². The van der Waals surface area contributed by atoms with Gasteiger partial charge in [0.05, 0.1) is 5.69 Å². The van der Waals surface area contributed by atoms with Crippen LogP contribution in [0.4, 0.5) is 5.69 Å². The summed E-state index contributed by atoms with van der Waals surface area (Å²) in [6.07, 6.45) is 5.30. The third kappa shape index (κ3) is 4.23. The second kappa shape index (κ2) is 7.95. The molecule has 0 radical (unpaired) electrons. The van der Waals surface area contributed by atoms with Crippen LogP contribution in [0.25, 0.3) is 0 Å². The van der Waals surface area contributed by atoms with Crippen LogP contribution in [0, 0.1) is 0 Å². The third-order valence-electron chi connectivity index (χ3n) is 5.29. The minimum atomic E-state index is -0.276. The number of rotatable bonds is 7. The second-order valence-corrected chi connectivity index (χ2v) is 7.61. The SMILES string of the molecule is CC(Cc1nncn1C)c1cccc(NC(=O)c2ccc(C=O)c(C3CC3)n2)c1. The molecule has 0 saturated heterocycles. The first kappa shape index (κ1) is 19.0. The Morgan fingerprint density at radius 3 is 2.83 bits per heavy atom. The van der Waals surface area contributed by atoms with Gasteiger partial charge in [-0.25, -0.2) is 4.98 Å². The molecule has 0 aliphatic heterocycles. The Hall–Kier alpha value is -3.35. The number of aryl methyl sites for hydroxylation is 1. The number of nitrogens with one attached hydrogen (secondary N) is 1. The van der Waals surface area contributed by atoms with Crippen LogP contribution in [0.15, 0.2) is 42.7 Å². The Morgan fingerprint density at radius 1 is 1.31 bits per heavy atom. The summed E-state index contributed by atoms with van der Waals surface area (Å²) in [5, 5.41) is 11.0. The molecular weight excluding hydrogens is 366 g/mol. The van der Waals surface area contributed by atoms with Crippen LogP contribution < -0.4 is 5.32 Å². The molecule has 4 rings (SSSR count). The second-order valence-electron chi connectivity index (χ2n) is 7.61. The van der Waals surface area contributed by atoms with Gasteiger partial charge >= 0.3 is 0 Å². The average molecular weight is 389 g/mol. The summed E-state index contributed by atoms with van der Waals surface area (Å²) in [7, 11) is 1.93. The molecule has 1 N–H and O–H groups in total. The van der Waals surface area contributed by atoms with Crippen LogP contribution in [0.1, 0.15) is 69.5 Å². The van der Waals surface area contributed by atoms with E-state index >= 15 is 0 Å². The van der Waals surface area contributed by atoms with Crippen LogP contribution in [0.2, 0.25) is 0 Å². The highest BCUT2D eigenvalue weighted by Crippen LogP contribution is 2.40. The van der Waals surface area contributed by atoms with Crippen LogP contribution in [-0.4, -0.2) is 31.9 Å². The van der Waals surface area contributed by atoms with E-state index in [0.717, 1.165) is 42.6 Å². The van der Waals surface area contributed by atoms with Crippen molar-refractivity contribution >= 4 is 17.9 Å². The van der Waals surface area contributed by atoms with Crippen LogP contribution in [-0.2, 0) is 13.5 Å².